The average Bonchev–Trinajstić information content (AvgIpc) is 3.16. The molecule has 6 N–H and O–H groups in total. The zero-order chi connectivity index (χ0) is 27.3. The van der Waals surface area contributed by atoms with Gasteiger partial charge in [0.05, 0.1) is 11.2 Å². The van der Waals surface area contributed by atoms with Crippen molar-refractivity contribution >= 4 is 51.8 Å². The molecule has 0 unspecified atom stereocenters. The van der Waals surface area contributed by atoms with E-state index in [0.29, 0.717) is 39.4 Å². The van der Waals surface area contributed by atoms with E-state index in [9.17, 15) is 5.11 Å². The van der Waals surface area contributed by atoms with Crippen molar-refractivity contribution in [2.75, 3.05) is 24.2 Å². The smallest absolute Gasteiger partial charge is 0.329 e. The minimum atomic E-state index is -1.19. The highest BCUT2D eigenvalue weighted by molar-refractivity contribution is 6.30. The number of aromatic nitrogens is 4. The molecule has 0 bridgehead atoms. The highest BCUT2D eigenvalue weighted by atomic mass is 35.5. The fourth-order valence-corrected chi connectivity index (χ4v) is 3.18. The maximum absolute atomic E-state index is 9.31. The number of carboxylic acid groups (broad SMARTS) is 1. The highest BCUT2D eigenvalue weighted by Gasteiger charge is 2.11. The second-order valence-corrected chi connectivity index (χ2v) is 9.50. The van der Waals surface area contributed by atoms with Crippen molar-refractivity contribution in [3.8, 4) is 0 Å². The fourth-order valence-electron chi connectivity index (χ4n) is 2.89. The van der Waals surface area contributed by atoms with Crippen molar-refractivity contribution in [2.24, 2.45) is 11.8 Å². The topological polar surface area (TPSA) is 159 Å². The summed E-state index contributed by atoms with van der Waals surface area (Å²) in [6, 6.07) is 7.23. The Labute approximate surface area is 221 Å². The summed E-state index contributed by atoms with van der Waals surface area (Å²) in [5.41, 5.74) is 8.07. The predicted octanol–water partition coefficient (Wildman–Crippen LogP) is 4.46. The molecule has 0 aromatic carbocycles. The normalized spacial score (nSPS) is 10.6. The van der Waals surface area contributed by atoms with Gasteiger partial charge in [0, 0.05) is 13.1 Å². The van der Waals surface area contributed by atoms with Gasteiger partial charge in [-0.3, -0.25) is 0 Å². The molecule has 10 nitrogen and oxygen atoms in total. The number of aliphatic hydroxyl groups is 2. The second-order valence-electron chi connectivity index (χ2n) is 8.72. The van der Waals surface area contributed by atoms with E-state index >= 15 is 0 Å². The van der Waals surface area contributed by atoms with Gasteiger partial charge in [-0.15, -0.1) is 0 Å². The van der Waals surface area contributed by atoms with Gasteiger partial charge < -0.3 is 30.9 Å². The number of hydrogen-bond acceptors (Lipinski definition) is 8. The lowest BCUT2D eigenvalue weighted by Crippen LogP contribution is -2.07. The number of aryl methyl sites for hydroxylation is 1. The Hall–Kier alpha value is -2.66. The van der Waals surface area contributed by atoms with E-state index in [0.717, 1.165) is 37.1 Å². The standard InChI is InChI=1S/C12H16ClN3O.C10H16ClN3.C2H4O3/c1-8(2)5-6-16-9-3-4-10(13)14-12(9)15-11(16)7-17;1-7(2)5-6-13-8-3-4-9(11)14-10(8)12;3-1-2(4)5/h3-4,8,17H,5-7H2,1-2H3;3-4,7,13H,5-6H2,1-2H3,(H2,12,14);3H,1H2,(H,4,5). The first-order valence-corrected chi connectivity index (χ1v) is 12.3. The molecule has 0 amide bonds. The zero-order valence-corrected chi connectivity index (χ0v) is 22.6. The van der Waals surface area contributed by atoms with E-state index in [1.54, 1.807) is 12.1 Å². The Balaban J connectivity index is 0.000000308. The molecule has 0 atom stereocenters. The third-order valence-corrected chi connectivity index (χ3v) is 5.21. The monoisotopic (exact) mass is 542 g/mol. The molecule has 0 saturated heterocycles. The van der Waals surface area contributed by atoms with Crippen molar-refractivity contribution in [3.63, 3.8) is 0 Å². The van der Waals surface area contributed by atoms with E-state index in [4.69, 9.17) is 43.9 Å². The number of nitrogens with two attached hydrogens (primary N) is 1. The van der Waals surface area contributed by atoms with Gasteiger partial charge in [-0.25, -0.2) is 19.7 Å². The molecule has 3 heterocycles. The molecule has 12 heteroatoms. The van der Waals surface area contributed by atoms with Crippen LogP contribution < -0.4 is 11.1 Å². The van der Waals surface area contributed by atoms with Gasteiger partial charge in [-0.1, -0.05) is 50.9 Å². The van der Waals surface area contributed by atoms with Gasteiger partial charge in [0.1, 0.15) is 35.2 Å². The number of fused-ring (bicyclic) bond motifs is 1. The lowest BCUT2D eigenvalue weighted by molar-refractivity contribution is -0.140. The number of halogens is 2. The number of aliphatic carboxylic acids is 1. The van der Waals surface area contributed by atoms with Crippen LogP contribution in [-0.4, -0.2) is 54.0 Å². The third kappa shape index (κ3) is 11.4. The molecule has 0 radical (unpaired) electrons. The number of aliphatic hydroxyl groups excluding tert-OH is 2. The van der Waals surface area contributed by atoms with Crippen LogP contribution in [0, 0.1) is 11.8 Å². The minimum absolute atomic E-state index is 0.0773. The van der Waals surface area contributed by atoms with E-state index in [1.807, 2.05) is 16.7 Å². The first-order chi connectivity index (χ1) is 17.0. The summed E-state index contributed by atoms with van der Waals surface area (Å²) in [6.45, 7) is 9.61. The van der Waals surface area contributed by atoms with Crippen molar-refractivity contribution < 1.29 is 20.1 Å². The van der Waals surface area contributed by atoms with Crippen LogP contribution in [-0.2, 0) is 17.9 Å². The molecule has 3 rings (SSSR count). The predicted molar refractivity (Wildman–Crippen MR) is 144 cm³/mol. The van der Waals surface area contributed by atoms with Crippen molar-refractivity contribution in [1.29, 1.82) is 0 Å². The van der Waals surface area contributed by atoms with E-state index < -0.39 is 12.6 Å². The molecular weight excluding hydrogens is 507 g/mol. The van der Waals surface area contributed by atoms with Gasteiger partial charge in [-0.2, -0.15) is 0 Å². The fraction of sp³-hybridized carbons (Fsp3) is 0.500. The molecule has 3 aromatic heterocycles. The number of rotatable bonds is 9. The Morgan fingerprint density at radius 1 is 1.00 bits per heavy atom. The van der Waals surface area contributed by atoms with Gasteiger partial charge in [-0.05, 0) is 48.9 Å². The Kier molecular flexibility index (Phi) is 14.1. The number of anilines is 2. The molecule has 0 aliphatic heterocycles. The Bertz CT molecular complexity index is 1090. The number of nitrogen functional groups attached to an aromatic ring is 1. The summed E-state index contributed by atoms with van der Waals surface area (Å²) in [6.07, 6.45) is 2.16. The Morgan fingerprint density at radius 2 is 1.58 bits per heavy atom. The molecule has 0 aliphatic rings. The van der Waals surface area contributed by atoms with Crippen LogP contribution >= 0.6 is 23.2 Å². The van der Waals surface area contributed by atoms with Gasteiger partial charge in [0.25, 0.3) is 0 Å². The van der Waals surface area contributed by atoms with Crippen LogP contribution in [0.5, 0.6) is 0 Å². The summed E-state index contributed by atoms with van der Waals surface area (Å²) in [5, 5.41) is 28.4. The lowest BCUT2D eigenvalue weighted by Gasteiger charge is -2.09. The summed E-state index contributed by atoms with van der Waals surface area (Å²) in [5.74, 6) is 1.21. The average molecular weight is 543 g/mol. The summed E-state index contributed by atoms with van der Waals surface area (Å²) in [7, 11) is 0. The third-order valence-electron chi connectivity index (χ3n) is 4.79. The van der Waals surface area contributed by atoms with Crippen LogP contribution in [0.4, 0.5) is 11.5 Å². The Morgan fingerprint density at radius 3 is 2.11 bits per heavy atom. The summed E-state index contributed by atoms with van der Waals surface area (Å²) in [4.78, 5) is 21.5. The van der Waals surface area contributed by atoms with Crippen molar-refractivity contribution in [3.05, 3.63) is 40.4 Å². The SMILES string of the molecule is CC(C)CCNc1ccc(Cl)nc1N.CC(C)CCn1c(CO)nc2nc(Cl)ccc21.O=C(O)CO. The molecule has 200 valence electrons. The number of carboxylic acids is 1. The number of imidazole rings is 1. The van der Waals surface area contributed by atoms with E-state index in [2.05, 4.69) is 48.0 Å². The van der Waals surface area contributed by atoms with Crippen molar-refractivity contribution in [2.45, 2.75) is 53.7 Å². The zero-order valence-electron chi connectivity index (χ0n) is 21.1. The molecule has 0 saturated carbocycles. The highest BCUT2D eigenvalue weighted by Crippen LogP contribution is 2.20. The van der Waals surface area contributed by atoms with E-state index in [1.165, 1.54) is 0 Å². The van der Waals surface area contributed by atoms with Crippen LogP contribution in [0.2, 0.25) is 10.3 Å². The van der Waals surface area contributed by atoms with Crippen LogP contribution in [0.15, 0.2) is 24.3 Å². The number of pyridine rings is 2. The number of nitrogens with one attached hydrogen (secondary N) is 1. The van der Waals surface area contributed by atoms with Crippen molar-refractivity contribution in [1.82, 2.24) is 19.5 Å². The summed E-state index contributed by atoms with van der Waals surface area (Å²) >= 11 is 11.5. The van der Waals surface area contributed by atoms with Gasteiger partial charge >= 0.3 is 5.97 Å². The van der Waals surface area contributed by atoms with E-state index in [-0.39, 0.29) is 6.61 Å². The van der Waals surface area contributed by atoms with Crippen LogP contribution in [0.25, 0.3) is 11.2 Å². The van der Waals surface area contributed by atoms with Gasteiger partial charge in [0.15, 0.2) is 5.65 Å². The largest absolute Gasteiger partial charge is 0.480 e. The molecular formula is C24H36Cl2N6O4. The minimum Gasteiger partial charge on any atom is -0.480 e. The quantitative estimate of drug-likeness (QED) is 0.246. The molecule has 0 fully saturated rings. The molecule has 3 aromatic rings. The number of carbonyl (C=O) groups is 1. The second kappa shape index (κ2) is 16.2. The van der Waals surface area contributed by atoms with Crippen LogP contribution in [0.1, 0.15) is 46.4 Å². The number of hydrogen-bond donors (Lipinski definition) is 5. The maximum atomic E-state index is 9.31. The summed E-state index contributed by atoms with van der Waals surface area (Å²) < 4.78 is 2.01. The molecule has 0 spiro atoms. The molecule has 36 heavy (non-hydrogen) atoms. The maximum Gasteiger partial charge on any atom is 0.329 e. The first-order valence-electron chi connectivity index (χ1n) is 11.6. The number of nitrogens with zero attached hydrogens (tertiary/aromatic N) is 4. The van der Waals surface area contributed by atoms with Crippen LogP contribution in [0.3, 0.4) is 0 Å². The van der Waals surface area contributed by atoms with Gasteiger partial charge in [0.2, 0.25) is 0 Å². The molecule has 0 aliphatic carbocycles. The lowest BCUT2D eigenvalue weighted by atomic mass is 10.1. The first kappa shape index (κ1) is 31.4.